The van der Waals surface area contributed by atoms with Crippen molar-refractivity contribution < 1.29 is 9.53 Å². The SMILES string of the molecule is O=C1N[C@@H](c2ccncc2)CCO1. The average Bonchev–Trinajstić information content (AvgIpc) is 2.19. The Hall–Kier alpha value is -1.58. The van der Waals surface area contributed by atoms with Gasteiger partial charge in [-0.15, -0.1) is 0 Å². The minimum absolute atomic E-state index is 0.0734. The van der Waals surface area contributed by atoms with E-state index in [1.807, 2.05) is 12.1 Å². The summed E-state index contributed by atoms with van der Waals surface area (Å²) in [6.07, 6.45) is 3.91. The van der Waals surface area contributed by atoms with Crippen molar-refractivity contribution in [3.05, 3.63) is 30.1 Å². The van der Waals surface area contributed by atoms with Gasteiger partial charge in [0.15, 0.2) is 0 Å². The van der Waals surface area contributed by atoms with E-state index in [1.54, 1.807) is 12.4 Å². The Balaban J connectivity index is 2.13. The quantitative estimate of drug-likeness (QED) is 0.704. The molecule has 2 heterocycles. The second kappa shape index (κ2) is 3.43. The summed E-state index contributed by atoms with van der Waals surface area (Å²) in [6.45, 7) is 0.485. The minimum Gasteiger partial charge on any atom is -0.449 e. The topological polar surface area (TPSA) is 51.2 Å². The molecule has 4 nitrogen and oxygen atoms in total. The largest absolute Gasteiger partial charge is 0.449 e. The number of alkyl carbamates (subject to hydrolysis) is 1. The molecule has 1 saturated heterocycles. The molecule has 4 heteroatoms. The normalized spacial score (nSPS) is 21.8. The molecule has 0 saturated carbocycles. The number of carbonyl (C=O) groups is 1. The Bertz CT molecular complexity index is 300. The van der Waals surface area contributed by atoms with Crippen LogP contribution in [0.5, 0.6) is 0 Å². The van der Waals surface area contributed by atoms with E-state index in [0.29, 0.717) is 6.61 Å². The molecular weight excluding hydrogens is 168 g/mol. The van der Waals surface area contributed by atoms with Gasteiger partial charge in [0, 0.05) is 18.8 Å². The lowest BCUT2D eigenvalue weighted by molar-refractivity contribution is 0.115. The summed E-state index contributed by atoms with van der Waals surface area (Å²) in [5, 5.41) is 2.74. The van der Waals surface area contributed by atoms with Gasteiger partial charge < -0.3 is 10.1 Å². The summed E-state index contributed by atoms with van der Waals surface area (Å²) >= 11 is 0. The zero-order valence-corrected chi connectivity index (χ0v) is 7.06. The highest BCUT2D eigenvalue weighted by molar-refractivity contribution is 5.68. The molecule has 1 fully saturated rings. The van der Waals surface area contributed by atoms with Crippen molar-refractivity contribution >= 4 is 6.09 Å². The van der Waals surface area contributed by atoms with Crippen LogP contribution in [-0.4, -0.2) is 17.7 Å². The number of aromatic nitrogens is 1. The third-order valence-corrected chi connectivity index (χ3v) is 2.04. The molecule has 1 aromatic heterocycles. The van der Waals surface area contributed by atoms with E-state index < -0.39 is 0 Å². The first-order valence-electron chi connectivity index (χ1n) is 4.19. The van der Waals surface area contributed by atoms with Gasteiger partial charge in [-0.3, -0.25) is 4.98 Å². The Morgan fingerprint density at radius 2 is 2.23 bits per heavy atom. The van der Waals surface area contributed by atoms with Gasteiger partial charge >= 0.3 is 6.09 Å². The number of cyclic esters (lactones) is 1. The molecule has 68 valence electrons. The zero-order valence-electron chi connectivity index (χ0n) is 7.06. The number of hydrogen-bond acceptors (Lipinski definition) is 3. The Labute approximate surface area is 75.9 Å². The van der Waals surface area contributed by atoms with Crippen molar-refractivity contribution in [1.29, 1.82) is 0 Å². The van der Waals surface area contributed by atoms with Crippen molar-refractivity contribution in [2.45, 2.75) is 12.5 Å². The molecule has 0 aromatic carbocycles. The van der Waals surface area contributed by atoms with Crippen LogP contribution in [0.25, 0.3) is 0 Å². The number of nitrogens with zero attached hydrogens (tertiary/aromatic N) is 1. The van der Waals surface area contributed by atoms with E-state index >= 15 is 0 Å². The first-order valence-corrected chi connectivity index (χ1v) is 4.19. The predicted molar refractivity (Wildman–Crippen MR) is 46.1 cm³/mol. The van der Waals surface area contributed by atoms with Crippen LogP contribution in [0.15, 0.2) is 24.5 Å². The lowest BCUT2D eigenvalue weighted by Gasteiger charge is -2.23. The molecule has 2 rings (SSSR count). The van der Waals surface area contributed by atoms with Crippen LogP contribution in [0.2, 0.25) is 0 Å². The average molecular weight is 178 g/mol. The molecule has 1 atom stereocenters. The van der Waals surface area contributed by atoms with Crippen molar-refractivity contribution in [1.82, 2.24) is 10.3 Å². The molecule has 1 amide bonds. The van der Waals surface area contributed by atoms with Crippen molar-refractivity contribution in [3.8, 4) is 0 Å². The molecule has 0 spiro atoms. The highest BCUT2D eigenvalue weighted by Crippen LogP contribution is 2.18. The highest BCUT2D eigenvalue weighted by Gasteiger charge is 2.19. The van der Waals surface area contributed by atoms with Gasteiger partial charge in [-0.1, -0.05) is 0 Å². The third kappa shape index (κ3) is 1.77. The molecule has 1 aromatic rings. The minimum atomic E-state index is -0.340. The summed E-state index contributed by atoms with van der Waals surface area (Å²) in [6, 6.07) is 3.87. The number of carbonyl (C=O) groups excluding carboxylic acids is 1. The van der Waals surface area contributed by atoms with Crippen LogP contribution in [0.3, 0.4) is 0 Å². The molecule has 0 aliphatic carbocycles. The smallest absolute Gasteiger partial charge is 0.407 e. The van der Waals surface area contributed by atoms with E-state index in [0.717, 1.165) is 12.0 Å². The summed E-state index contributed by atoms with van der Waals surface area (Å²) in [5.41, 5.74) is 1.08. The molecule has 1 N–H and O–H groups in total. The van der Waals surface area contributed by atoms with Crippen LogP contribution in [-0.2, 0) is 4.74 Å². The summed E-state index contributed by atoms with van der Waals surface area (Å²) in [5.74, 6) is 0. The van der Waals surface area contributed by atoms with Crippen molar-refractivity contribution in [3.63, 3.8) is 0 Å². The Morgan fingerprint density at radius 3 is 2.92 bits per heavy atom. The monoisotopic (exact) mass is 178 g/mol. The summed E-state index contributed by atoms with van der Waals surface area (Å²) in [4.78, 5) is 14.8. The Morgan fingerprint density at radius 1 is 1.46 bits per heavy atom. The number of amides is 1. The van der Waals surface area contributed by atoms with Gasteiger partial charge in [-0.05, 0) is 17.7 Å². The van der Waals surface area contributed by atoms with Gasteiger partial charge in [-0.25, -0.2) is 4.79 Å². The van der Waals surface area contributed by atoms with E-state index in [-0.39, 0.29) is 12.1 Å². The Kier molecular flexibility index (Phi) is 2.12. The maximum absolute atomic E-state index is 10.9. The number of nitrogens with one attached hydrogen (secondary N) is 1. The van der Waals surface area contributed by atoms with Crippen LogP contribution in [0, 0.1) is 0 Å². The fraction of sp³-hybridized carbons (Fsp3) is 0.333. The molecule has 1 aliphatic heterocycles. The number of rotatable bonds is 1. The maximum atomic E-state index is 10.9. The second-order valence-corrected chi connectivity index (χ2v) is 2.90. The third-order valence-electron chi connectivity index (χ3n) is 2.04. The molecule has 0 radical (unpaired) electrons. The van der Waals surface area contributed by atoms with E-state index in [1.165, 1.54) is 0 Å². The lowest BCUT2D eigenvalue weighted by Crippen LogP contribution is -2.35. The van der Waals surface area contributed by atoms with Crippen LogP contribution in [0.1, 0.15) is 18.0 Å². The van der Waals surface area contributed by atoms with E-state index in [2.05, 4.69) is 10.3 Å². The van der Waals surface area contributed by atoms with Crippen LogP contribution >= 0.6 is 0 Å². The molecule has 13 heavy (non-hydrogen) atoms. The predicted octanol–water partition coefficient (Wildman–Crippen LogP) is 1.25. The van der Waals surface area contributed by atoms with Crippen molar-refractivity contribution in [2.75, 3.05) is 6.61 Å². The molecular formula is C9H10N2O2. The summed E-state index contributed by atoms with van der Waals surface area (Å²) < 4.78 is 4.76. The van der Waals surface area contributed by atoms with Gasteiger partial charge in [0.05, 0.1) is 12.6 Å². The van der Waals surface area contributed by atoms with Gasteiger partial charge in [0.1, 0.15) is 0 Å². The first-order chi connectivity index (χ1) is 6.36. The first kappa shape index (κ1) is 8.04. The van der Waals surface area contributed by atoms with Gasteiger partial charge in [-0.2, -0.15) is 0 Å². The second-order valence-electron chi connectivity index (χ2n) is 2.90. The molecule has 1 aliphatic rings. The summed E-state index contributed by atoms with van der Waals surface area (Å²) in [7, 11) is 0. The lowest BCUT2D eigenvalue weighted by atomic mass is 10.1. The highest BCUT2D eigenvalue weighted by atomic mass is 16.5. The fourth-order valence-electron chi connectivity index (χ4n) is 1.37. The molecule has 0 unspecified atom stereocenters. The standard InChI is InChI=1S/C9H10N2O2/c12-9-11-8(3-6-13-9)7-1-4-10-5-2-7/h1-2,4-5,8H,3,6H2,(H,11,12)/t8-/m1/s1. The number of hydrogen-bond donors (Lipinski definition) is 1. The number of ether oxygens (including phenoxy) is 1. The zero-order chi connectivity index (χ0) is 9.10. The number of pyridine rings is 1. The fourth-order valence-corrected chi connectivity index (χ4v) is 1.37. The van der Waals surface area contributed by atoms with Crippen LogP contribution < -0.4 is 5.32 Å². The van der Waals surface area contributed by atoms with E-state index in [4.69, 9.17) is 4.74 Å². The van der Waals surface area contributed by atoms with Crippen LogP contribution in [0.4, 0.5) is 4.79 Å². The van der Waals surface area contributed by atoms with E-state index in [9.17, 15) is 4.79 Å². The van der Waals surface area contributed by atoms with Gasteiger partial charge in [0.25, 0.3) is 0 Å². The molecule has 0 bridgehead atoms. The van der Waals surface area contributed by atoms with Gasteiger partial charge in [0.2, 0.25) is 0 Å². The van der Waals surface area contributed by atoms with Crippen molar-refractivity contribution in [2.24, 2.45) is 0 Å². The maximum Gasteiger partial charge on any atom is 0.407 e.